The maximum atomic E-state index is 13.1. The molecule has 4 rings (SSSR count). The van der Waals surface area contributed by atoms with Crippen molar-refractivity contribution < 1.29 is 23.9 Å². The summed E-state index contributed by atoms with van der Waals surface area (Å²) in [7, 11) is 3.29. The predicted octanol–water partition coefficient (Wildman–Crippen LogP) is 1.30. The van der Waals surface area contributed by atoms with Crippen molar-refractivity contribution in [1.29, 1.82) is 0 Å². The van der Waals surface area contributed by atoms with E-state index in [0.29, 0.717) is 16.5 Å². The summed E-state index contributed by atoms with van der Waals surface area (Å²) >= 11 is 7.12. The Hall–Kier alpha value is -3.00. The van der Waals surface area contributed by atoms with Crippen LogP contribution in [0.4, 0.5) is 10.6 Å². The molecule has 15 heteroatoms. The number of aromatic nitrogens is 2. The van der Waals surface area contributed by atoms with E-state index in [0.717, 1.165) is 30.1 Å². The average Bonchev–Trinajstić information content (AvgIpc) is 3.29. The molecule has 2 aromatic heterocycles. The normalized spacial score (nSPS) is 19.2. The molecule has 1 saturated heterocycles. The van der Waals surface area contributed by atoms with Crippen molar-refractivity contribution >= 4 is 65.0 Å². The summed E-state index contributed by atoms with van der Waals surface area (Å²) in [6.45, 7) is 1.98. The van der Waals surface area contributed by atoms with Gasteiger partial charge in [-0.25, -0.2) is 14.8 Å². The molecule has 4 heterocycles. The number of likely N-dealkylation sites (tertiary alicyclic amines) is 1. The van der Waals surface area contributed by atoms with E-state index in [1.54, 1.807) is 0 Å². The van der Waals surface area contributed by atoms with Gasteiger partial charge in [-0.3, -0.25) is 14.4 Å². The molecule has 0 unspecified atom stereocenters. The lowest BCUT2D eigenvalue weighted by Crippen LogP contribution is -2.62. The molecule has 0 radical (unpaired) electrons. The van der Waals surface area contributed by atoms with Crippen LogP contribution < -0.4 is 16.0 Å². The first-order valence-electron chi connectivity index (χ1n) is 11.3. The van der Waals surface area contributed by atoms with E-state index in [2.05, 4.69) is 30.8 Å². The van der Waals surface area contributed by atoms with E-state index in [-0.39, 0.29) is 31.3 Å². The first kappa shape index (κ1) is 28.6. The van der Waals surface area contributed by atoms with Gasteiger partial charge in [0.2, 0.25) is 0 Å². The van der Waals surface area contributed by atoms with Gasteiger partial charge in [-0.1, -0.05) is 11.6 Å². The minimum atomic E-state index is -0.915. The molecule has 0 saturated carbocycles. The van der Waals surface area contributed by atoms with Gasteiger partial charge in [-0.15, -0.1) is 23.7 Å². The van der Waals surface area contributed by atoms with E-state index in [1.165, 1.54) is 41.7 Å². The Labute approximate surface area is 228 Å². The number of hydrogen-bond acceptors (Lipinski definition) is 9. The summed E-state index contributed by atoms with van der Waals surface area (Å²) in [5.41, 5.74) is 0.917. The quantitative estimate of drug-likeness (QED) is 0.465. The zero-order chi connectivity index (χ0) is 25.8. The second kappa shape index (κ2) is 12.5. The Morgan fingerprint density at radius 1 is 1.14 bits per heavy atom. The lowest BCUT2D eigenvalue weighted by Gasteiger charge is -2.38. The van der Waals surface area contributed by atoms with Gasteiger partial charge in [-0.2, -0.15) is 0 Å². The van der Waals surface area contributed by atoms with Gasteiger partial charge in [0.25, 0.3) is 5.91 Å². The highest BCUT2D eigenvalue weighted by molar-refractivity contribution is 7.13. The van der Waals surface area contributed by atoms with Crippen LogP contribution in [0.2, 0.25) is 5.02 Å². The highest BCUT2D eigenvalue weighted by Gasteiger charge is 2.36. The molecule has 1 fully saturated rings. The van der Waals surface area contributed by atoms with Crippen LogP contribution in [-0.4, -0.2) is 89.5 Å². The molecule has 12 nitrogen and oxygen atoms in total. The number of carbonyl (C=O) groups excluding carboxylic acids is 4. The number of amides is 4. The highest BCUT2D eigenvalue weighted by atomic mass is 35.5. The van der Waals surface area contributed by atoms with Crippen LogP contribution in [0.25, 0.3) is 0 Å². The number of methoxy groups -OCH3 is 1. The number of thiazole rings is 1. The molecule has 0 aliphatic carbocycles. The number of piperidine rings is 1. The van der Waals surface area contributed by atoms with Crippen molar-refractivity contribution in [1.82, 2.24) is 30.4 Å². The van der Waals surface area contributed by atoms with Crippen molar-refractivity contribution in [3.63, 3.8) is 0 Å². The standard InChI is InChI=1S/C22H26ClN7O5S.ClH/c1-29-7-5-14-16(11-29)36-21(27-14)20(33)26-15-10-30(22(34)35-2)8-6-13(15)25-18(31)19(32)28-17-4-3-12(23)9-24-17;/h3-4,9,13,15H,5-8,10-11H2,1-2H3,(H,25,31)(H,26,33)(H,24,28,32);1H/t13-,15+;/m0./s1. The topological polar surface area (TPSA) is 146 Å². The van der Waals surface area contributed by atoms with E-state index >= 15 is 0 Å². The summed E-state index contributed by atoms with van der Waals surface area (Å²) in [5.74, 6) is -2.04. The Balaban J connectivity index is 0.00000380. The molecular formula is C22H27Cl2N7O5S. The minimum Gasteiger partial charge on any atom is -0.453 e. The molecule has 2 aliphatic heterocycles. The van der Waals surface area contributed by atoms with Crippen LogP contribution in [0, 0.1) is 0 Å². The zero-order valence-corrected chi connectivity index (χ0v) is 22.5. The molecule has 2 atom stereocenters. The summed E-state index contributed by atoms with van der Waals surface area (Å²) in [6.07, 6.45) is 1.87. The van der Waals surface area contributed by atoms with Crippen molar-refractivity contribution in [2.24, 2.45) is 0 Å². The first-order valence-corrected chi connectivity index (χ1v) is 12.5. The van der Waals surface area contributed by atoms with Crippen molar-refractivity contribution in [2.45, 2.75) is 31.5 Å². The molecule has 37 heavy (non-hydrogen) atoms. The molecule has 200 valence electrons. The van der Waals surface area contributed by atoms with Crippen LogP contribution in [-0.2, 0) is 27.3 Å². The van der Waals surface area contributed by atoms with Gasteiger partial charge in [0.15, 0.2) is 5.01 Å². The summed E-state index contributed by atoms with van der Waals surface area (Å²) in [6, 6.07) is 1.73. The average molecular weight is 572 g/mol. The predicted molar refractivity (Wildman–Crippen MR) is 139 cm³/mol. The van der Waals surface area contributed by atoms with E-state index in [1.807, 2.05) is 7.05 Å². The van der Waals surface area contributed by atoms with Crippen LogP contribution in [0.15, 0.2) is 18.3 Å². The number of hydrogen-bond donors (Lipinski definition) is 3. The number of nitrogens with zero attached hydrogens (tertiary/aromatic N) is 4. The fraction of sp³-hybridized carbons (Fsp3) is 0.455. The van der Waals surface area contributed by atoms with E-state index in [4.69, 9.17) is 16.3 Å². The number of pyridine rings is 1. The van der Waals surface area contributed by atoms with Gasteiger partial charge in [0, 0.05) is 43.7 Å². The van der Waals surface area contributed by atoms with Gasteiger partial charge >= 0.3 is 17.9 Å². The van der Waals surface area contributed by atoms with Crippen LogP contribution in [0.5, 0.6) is 0 Å². The fourth-order valence-electron chi connectivity index (χ4n) is 4.07. The Morgan fingerprint density at radius 2 is 1.92 bits per heavy atom. The lowest BCUT2D eigenvalue weighted by molar-refractivity contribution is -0.136. The van der Waals surface area contributed by atoms with Crippen LogP contribution >= 0.6 is 35.3 Å². The van der Waals surface area contributed by atoms with Gasteiger partial charge in [0.1, 0.15) is 5.82 Å². The number of anilines is 1. The van der Waals surface area contributed by atoms with E-state index in [9.17, 15) is 19.2 Å². The third kappa shape index (κ3) is 7.06. The Morgan fingerprint density at radius 3 is 2.62 bits per heavy atom. The third-order valence-electron chi connectivity index (χ3n) is 5.97. The number of fused-ring (bicyclic) bond motifs is 1. The smallest absolute Gasteiger partial charge is 0.409 e. The molecule has 0 aromatic carbocycles. The monoisotopic (exact) mass is 571 g/mol. The minimum absolute atomic E-state index is 0. The number of ether oxygens (including phenoxy) is 1. The number of nitrogens with one attached hydrogen (secondary N) is 3. The molecule has 4 amide bonds. The summed E-state index contributed by atoms with van der Waals surface area (Å²) in [4.78, 5) is 63.3. The lowest BCUT2D eigenvalue weighted by atomic mass is 9.99. The molecular weight excluding hydrogens is 545 g/mol. The van der Waals surface area contributed by atoms with Gasteiger partial charge in [0.05, 0.1) is 29.9 Å². The summed E-state index contributed by atoms with van der Waals surface area (Å²) < 4.78 is 4.81. The maximum absolute atomic E-state index is 13.1. The molecule has 2 aromatic rings. The second-order valence-corrected chi connectivity index (χ2v) is 10.1. The Bertz CT molecular complexity index is 1160. The van der Waals surface area contributed by atoms with Gasteiger partial charge < -0.3 is 30.5 Å². The van der Waals surface area contributed by atoms with Crippen LogP contribution in [0.1, 0.15) is 26.8 Å². The number of rotatable bonds is 4. The maximum Gasteiger partial charge on any atom is 0.409 e. The largest absolute Gasteiger partial charge is 0.453 e. The molecule has 3 N–H and O–H groups in total. The first-order chi connectivity index (χ1) is 17.2. The number of likely N-dealkylation sites (N-methyl/N-ethyl adjacent to an activating group) is 1. The number of halogens is 2. The van der Waals surface area contributed by atoms with Crippen molar-refractivity contribution in [2.75, 3.05) is 39.1 Å². The van der Waals surface area contributed by atoms with E-state index < -0.39 is 35.9 Å². The Kier molecular flexibility index (Phi) is 9.65. The fourth-order valence-corrected chi connectivity index (χ4v) is 5.28. The zero-order valence-electron chi connectivity index (χ0n) is 20.2. The van der Waals surface area contributed by atoms with Crippen molar-refractivity contribution in [3.05, 3.63) is 38.9 Å². The SMILES string of the molecule is COC(=O)N1CC[C@H](NC(=O)C(=O)Nc2ccc(Cl)cn2)[C@H](NC(=O)c2nc3c(s2)CN(C)CC3)C1.Cl. The number of carbonyl (C=O) groups is 4. The molecule has 0 spiro atoms. The second-order valence-electron chi connectivity index (χ2n) is 8.56. The molecule has 2 aliphatic rings. The van der Waals surface area contributed by atoms with Crippen molar-refractivity contribution in [3.8, 4) is 0 Å². The van der Waals surface area contributed by atoms with Gasteiger partial charge in [-0.05, 0) is 25.6 Å². The third-order valence-corrected chi connectivity index (χ3v) is 7.27. The summed E-state index contributed by atoms with van der Waals surface area (Å²) in [5, 5.41) is 8.67. The molecule has 0 bridgehead atoms. The highest BCUT2D eigenvalue weighted by Crippen LogP contribution is 2.25. The van der Waals surface area contributed by atoms with Crippen LogP contribution in [0.3, 0.4) is 0 Å².